The van der Waals surface area contributed by atoms with Gasteiger partial charge >= 0.3 is 6.03 Å². The first-order valence-corrected chi connectivity index (χ1v) is 4.70. The van der Waals surface area contributed by atoms with E-state index in [2.05, 4.69) is 15.7 Å². The van der Waals surface area contributed by atoms with E-state index < -0.39 is 0 Å². The molecule has 1 aromatic heterocycles. The van der Waals surface area contributed by atoms with Crippen LogP contribution in [0.1, 0.15) is 18.4 Å². The van der Waals surface area contributed by atoms with Crippen LogP contribution in [-0.4, -0.2) is 21.9 Å². The number of urea groups is 1. The second kappa shape index (κ2) is 3.61. The maximum absolute atomic E-state index is 11.4. The van der Waals surface area contributed by atoms with Gasteiger partial charge in [0.1, 0.15) is 17.5 Å². The van der Waals surface area contributed by atoms with Gasteiger partial charge in [-0.2, -0.15) is 10.4 Å². The van der Waals surface area contributed by atoms with Crippen LogP contribution in [0.2, 0.25) is 0 Å². The van der Waals surface area contributed by atoms with E-state index in [0.29, 0.717) is 17.4 Å². The molecule has 1 fully saturated rings. The van der Waals surface area contributed by atoms with Crippen LogP contribution in [0.4, 0.5) is 10.6 Å². The zero-order valence-corrected chi connectivity index (χ0v) is 8.32. The molecule has 0 saturated heterocycles. The lowest BCUT2D eigenvalue weighted by Crippen LogP contribution is -2.31. The molecule has 6 nitrogen and oxygen atoms in total. The summed E-state index contributed by atoms with van der Waals surface area (Å²) >= 11 is 0. The lowest BCUT2D eigenvalue weighted by molar-refractivity contribution is 0.251. The minimum absolute atomic E-state index is 0.280. The van der Waals surface area contributed by atoms with Crippen molar-refractivity contribution in [3.63, 3.8) is 0 Å². The lowest BCUT2D eigenvalue weighted by Gasteiger charge is -2.06. The largest absolute Gasteiger partial charge is 0.335 e. The van der Waals surface area contributed by atoms with Crippen molar-refractivity contribution in [2.45, 2.75) is 18.9 Å². The van der Waals surface area contributed by atoms with Crippen LogP contribution in [-0.2, 0) is 7.05 Å². The number of nitrogens with zero attached hydrogens (tertiary/aromatic N) is 3. The van der Waals surface area contributed by atoms with Crippen LogP contribution >= 0.6 is 0 Å². The molecule has 1 aliphatic rings. The SMILES string of the molecule is Cn1ncc(C#N)c1NC(=O)NC1CC1. The van der Waals surface area contributed by atoms with Gasteiger partial charge in [-0.15, -0.1) is 0 Å². The monoisotopic (exact) mass is 205 g/mol. The predicted molar refractivity (Wildman–Crippen MR) is 53.1 cm³/mol. The minimum Gasteiger partial charge on any atom is -0.335 e. The first-order valence-electron chi connectivity index (χ1n) is 4.70. The summed E-state index contributed by atoms with van der Waals surface area (Å²) in [7, 11) is 1.67. The molecule has 0 spiro atoms. The Hall–Kier alpha value is -2.03. The number of aryl methyl sites for hydroxylation is 1. The number of carbonyl (C=O) groups is 1. The summed E-state index contributed by atoms with van der Waals surface area (Å²) < 4.78 is 1.46. The minimum atomic E-state index is -0.280. The highest BCUT2D eigenvalue weighted by Gasteiger charge is 2.23. The molecule has 2 N–H and O–H groups in total. The molecular weight excluding hydrogens is 194 g/mol. The predicted octanol–water partition coefficient (Wildman–Crippen LogP) is 0.576. The number of carbonyl (C=O) groups excluding carboxylic acids is 1. The van der Waals surface area contributed by atoms with Gasteiger partial charge in [0, 0.05) is 13.1 Å². The van der Waals surface area contributed by atoms with E-state index in [1.165, 1.54) is 10.9 Å². The summed E-state index contributed by atoms with van der Waals surface area (Å²) in [6.07, 6.45) is 3.49. The van der Waals surface area contributed by atoms with Crippen LogP contribution in [0.5, 0.6) is 0 Å². The quantitative estimate of drug-likeness (QED) is 0.740. The van der Waals surface area contributed by atoms with Crippen molar-refractivity contribution in [2.75, 3.05) is 5.32 Å². The number of anilines is 1. The first-order chi connectivity index (χ1) is 7.20. The van der Waals surface area contributed by atoms with Gasteiger partial charge in [0.2, 0.25) is 0 Å². The Kier molecular flexibility index (Phi) is 2.29. The van der Waals surface area contributed by atoms with Crippen molar-refractivity contribution in [2.24, 2.45) is 7.05 Å². The van der Waals surface area contributed by atoms with E-state index in [-0.39, 0.29) is 6.03 Å². The molecule has 1 heterocycles. The van der Waals surface area contributed by atoms with Crippen molar-refractivity contribution < 1.29 is 4.79 Å². The maximum Gasteiger partial charge on any atom is 0.320 e. The molecule has 0 bridgehead atoms. The van der Waals surface area contributed by atoms with Gasteiger partial charge < -0.3 is 5.32 Å². The van der Waals surface area contributed by atoms with Crippen LogP contribution in [0.3, 0.4) is 0 Å². The molecule has 78 valence electrons. The Morgan fingerprint density at radius 1 is 1.73 bits per heavy atom. The highest BCUT2D eigenvalue weighted by atomic mass is 16.2. The molecule has 1 aromatic rings. The second-order valence-electron chi connectivity index (χ2n) is 3.51. The van der Waals surface area contributed by atoms with Crippen molar-refractivity contribution in [1.29, 1.82) is 5.26 Å². The molecule has 6 heteroatoms. The summed E-state index contributed by atoms with van der Waals surface area (Å²) in [4.78, 5) is 11.4. The summed E-state index contributed by atoms with van der Waals surface area (Å²) in [6.45, 7) is 0. The number of nitriles is 1. The standard InChI is InChI=1S/C9H11N5O/c1-14-8(6(4-10)5-11-14)13-9(15)12-7-2-3-7/h5,7H,2-3H2,1H3,(H2,12,13,15). The third kappa shape index (κ3) is 2.07. The van der Waals surface area contributed by atoms with Gasteiger partial charge in [0.15, 0.2) is 0 Å². The zero-order valence-electron chi connectivity index (χ0n) is 8.32. The summed E-state index contributed by atoms with van der Waals surface area (Å²) in [5.41, 5.74) is 0.364. The Balaban J connectivity index is 2.05. The fourth-order valence-corrected chi connectivity index (χ4v) is 1.22. The molecule has 0 aromatic carbocycles. The van der Waals surface area contributed by atoms with Gasteiger partial charge in [0.25, 0.3) is 0 Å². The van der Waals surface area contributed by atoms with E-state index in [0.717, 1.165) is 12.8 Å². The summed E-state index contributed by atoms with van der Waals surface area (Å²) in [5.74, 6) is 0.427. The summed E-state index contributed by atoms with van der Waals surface area (Å²) in [5, 5.41) is 18.0. The normalized spacial score (nSPS) is 14.4. The Morgan fingerprint density at radius 2 is 2.47 bits per heavy atom. The highest BCUT2D eigenvalue weighted by Crippen LogP contribution is 2.19. The van der Waals surface area contributed by atoms with Gasteiger partial charge in [-0.3, -0.25) is 10.00 Å². The number of hydrogen-bond donors (Lipinski definition) is 2. The average Bonchev–Trinajstić information content (AvgIpc) is 2.94. The summed E-state index contributed by atoms with van der Waals surface area (Å²) in [6, 6.07) is 1.98. The smallest absolute Gasteiger partial charge is 0.320 e. The van der Waals surface area contributed by atoms with Gasteiger partial charge in [-0.1, -0.05) is 0 Å². The Morgan fingerprint density at radius 3 is 3.07 bits per heavy atom. The fourth-order valence-electron chi connectivity index (χ4n) is 1.22. The van der Waals surface area contributed by atoms with E-state index in [4.69, 9.17) is 5.26 Å². The van der Waals surface area contributed by atoms with E-state index in [1.54, 1.807) is 7.05 Å². The fraction of sp³-hybridized carbons (Fsp3) is 0.444. The van der Waals surface area contributed by atoms with Crippen LogP contribution in [0.25, 0.3) is 0 Å². The molecule has 1 aliphatic carbocycles. The Labute approximate surface area is 86.9 Å². The van der Waals surface area contributed by atoms with Gasteiger partial charge in [-0.25, -0.2) is 4.79 Å². The van der Waals surface area contributed by atoms with Gasteiger partial charge in [0.05, 0.1) is 6.20 Å². The topological polar surface area (TPSA) is 82.7 Å². The second-order valence-corrected chi connectivity index (χ2v) is 3.51. The number of amides is 2. The average molecular weight is 205 g/mol. The molecule has 1 saturated carbocycles. The molecule has 2 amide bonds. The zero-order chi connectivity index (χ0) is 10.8. The van der Waals surface area contributed by atoms with Crippen LogP contribution in [0.15, 0.2) is 6.20 Å². The number of aromatic nitrogens is 2. The van der Waals surface area contributed by atoms with Crippen molar-refractivity contribution in [3.05, 3.63) is 11.8 Å². The third-order valence-electron chi connectivity index (χ3n) is 2.20. The van der Waals surface area contributed by atoms with Crippen molar-refractivity contribution >= 4 is 11.8 Å². The molecule has 15 heavy (non-hydrogen) atoms. The van der Waals surface area contributed by atoms with E-state index >= 15 is 0 Å². The molecule has 0 aliphatic heterocycles. The molecule has 2 rings (SSSR count). The van der Waals surface area contributed by atoms with Gasteiger partial charge in [-0.05, 0) is 12.8 Å². The van der Waals surface area contributed by atoms with Crippen LogP contribution < -0.4 is 10.6 Å². The third-order valence-corrected chi connectivity index (χ3v) is 2.20. The number of rotatable bonds is 2. The lowest BCUT2D eigenvalue weighted by atomic mass is 10.3. The molecular formula is C9H11N5O. The maximum atomic E-state index is 11.4. The van der Waals surface area contributed by atoms with E-state index in [9.17, 15) is 4.79 Å². The highest BCUT2D eigenvalue weighted by molar-refractivity contribution is 5.90. The molecule has 0 unspecified atom stereocenters. The van der Waals surface area contributed by atoms with E-state index in [1.807, 2.05) is 6.07 Å². The molecule has 0 atom stereocenters. The van der Waals surface area contributed by atoms with Crippen molar-refractivity contribution in [3.8, 4) is 6.07 Å². The number of hydrogen-bond acceptors (Lipinski definition) is 3. The van der Waals surface area contributed by atoms with Crippen LogP contribution in [0, 0.1) is 11.3 Å². The number of nitrogens with one attached hydrogen (secondary N) is 2. The Bertz CT molecular complexity index is 426. The molecule has 0 radical (unpaired) electrons. The first kappa shape index (κ1) is 9.52. The van der Waals surface area contributed by atoms with Crippen molar-refractivity contribution in [1.82, 2.24) is 15.1 Å².